The van der Waals surface area contributed by atoms with Crippen LogP contribution in [0.2, 0.25) is 0 Å². The van der Waals surface area contributed by atoms with Crippen molar-refractivity contribution in [1.82, 2.24) is 5.32 Å². The summed E-state index contributed by atoms with van der Waals surface area (Å²) in [5.41, 5.74) is -1.16. The van der Waals surface area contributed by atoms with Gasteiger partial charge in [-0.2, -0.15) is 0 Å². The molecule has 1 aliphatic rings. The van der Waals surface area contributed by atoms with Gasteiger partial charge in [-0.05, 0) is 39.2 Å². The Morgan fingerprint density at radius 3 is 2.36 bits per heavy atom. The number of alkyl carbamates (subject to hydrolysis) is 1. The molecule has 25 heavy (non-hydrogen) atoms. The average molecular weight is 349 g/mol. The number of aliphatic hydroxyl groups is 1. The van der Waals surface area contributed by atoms with Gasteiger partial charge in [0.05, 0.1) is 5.60 Å². The minimum Gasteiger partial charge on any atom is -0.459 e. The van der Waals surface area contributed by atoms with Crippen molar-refractivity contribution in [2.45, 2.75) is 70.3 Å². The Hall–Kier alpha value is -2.08. The van der Waals surface area contributed by atoms with Crippen molar-refractivity contribution < 1.29 is 24.2 Å². The maximum absolute atomic E-state index is 12.6. The van der Waals surface area contributed by atoms with Crippen molar-refractivity contribution in [2.24, 2.45) is 0 Å². The van der Waals surface area contributed by atoms with E-state index >= 15 is 0 Å². The maximum atomic E-state index is 12.6. The SMILES string of the molecule is CC(C)(C)OC(=O)NC(C(=O)OCc1ccccc1)C1(O)CCCC1. The molecule has 6 heteroatoms. The quantitative estimate of drug-likeness (QED) is 0.799. The van der Waals surface area contributed by atoms with Crippen molar-refractivity contribution >= 4 is 12.1 Å². The molecule has 2 N–H and O–H groups in total. The van der Waals surface area contributed by atoms with Crippen LogP contribution < -0.4 is 5.32 Å². The van der Waals surface area contributed by atoms with E-state index in [2.05, 4.69) is 5.32 Å². The van der Waals surface area contributed by atoms with Gasteiger partial charge in [-0.1, -0.05) is 43.2 Å². The zero-order valence-corrected chi connectivity index (χ0v) is 15.1. The van der Waals surface area contributed by atoms with Crippen molar-refractivity contribution in [3.05, 3.63) is 35.9 Å². The fourth-order valence-electron chi connectivity index (χ4n) is 2.93. The number of hydrogen-bond acceptors (Lipinski definition) is 5. The largest absolute Gasteiger partial charge is 0.459 e. The smallest absolute Gasteiger partial charge is 0.408 e. The summed E-state index contributed by atoms with van der Waals surface area (Å²) in [6, 6.07) is 8.11. The van der Waals surface area contributed by atoms with Gasteiger partial charge >= 0.3 is 12.1 Å². The van der Waals surface area contributed by atoms with Gasteiger partial charge in [0.2, 0.25) is 0 Å². The summed E-state index contributed by atoms with van der Waals surface area (Å²) in [5, 5.41) is 13.3. The first-order valence-electron chi connectivity index (χ1n) is 8.62. The average Bonchev–Trinajstić information content (AvgIpc) is 2.97. The van der Waals surface area contributed by atoms with Crippen molar-refractivity contribution in [3.63, 3.8) is 0 Å². The van der Waals surface area contributed by atoms with Crippen LogP contribution in [0.1, 0.15) is 52.0 Å². The molecule has 1 atom stereocenters. The first-order chi connectivity index (χ1) is 11.7. The lowest BCUT2D eigenvalue weighted by atomic mass is 9.92. The fourth-order valence-corrected chi connectivity index (χ4v) is 2.93. The van der Waals surface area contributed by atoms with Gasteiger partial charge in [0.15, 0.2) is 6.04 Å². The van der Waals surface area contributed by atoms with E-state index < -0.39 is 29.3 Å². The molecule has 1 aliphatic carbocycles. The summed E-state index contributed by atoms with van der Waals surface area (Å²) in [6.07, 6.45) is 1.74. The summed E-state index contributed by atoms with van der Waals surface area (Å²) in [7, 11) is 0. The summed E-state index contributed by atoms with van der Waals surface area (Å²) < 4.78 is 10.5. The number of benzene rings is 1. The maximum Gasteiger partial charge on any atom is 0.408 e. The number of amides is 1. The second kappa shape index (κ2) is 7.87. The van der Waals surface area contributed by atoms with Crippen LogP contribution >= 0.6 is 0 Å². The van der Waals surface area contributed by atoms with E-state index in [1.807, 2.05) is 30.3 Å². The summed E-state index contributed by atoms with van der Waals surface area (Å²) in [4.78, 5) is 24.7. The van der Waals surface area contributed by atoms with Crippen LogP contribution in [-0.4, -0.2) is 34.4 Å². The van der Waals surface area contributed by atoms with Crippen molar-refractivity contribution in [2.75, 3.05) is 0 Å². The highest BCUT2D eigenvalue weighted by Crippen LogP contribution is 2.33. The van der Waals surface area contributed by atoms with E-state index in [1.165, 1.54) is 0 Å². The Morgan fingerprint density at radius 1 is 1.20 bits per heavy atom. The number of carbonyl (C=O) groups is 2. The molecule has 0 radical (unpaired) electrons. The summed E-state index contributed by atoms with van der Waals surface area (Å²) >= 11 is 0. The predicted octanol–water partition coefficient (Wildman–Crippen LogP) is 2.93. The predicted molar refractivity (Wildman–Crippen MR) is 92.8 cm³/mol. The van der Waals surface area contributed by atoms with Crippen LogP contribution in [0.3, 0.4) is 0 Å². The topological polar surface area (TPSA) is 84.9 Å². The summed E-state index contributed by atoms with van der Waals surface area (Å²) in [6.45, 7) is 5.29. The fraction of sp³-hybridized carbons (Fsp3) is 0.579. The Morgan fingerprint density at radius 2 is 1.80 bits per heavy atom. The lowest BCUT2D eigenvalue weighted by Gasteiger charge is -2.32. The standard InChI is InChI=1S/C19H27NO5/c1-18(2,3)25-17(22)20-15(19(23)11-7-8-12-19)16(21)24-13-14-9-5-4-6-10-14/h4-6,9-10,15,23H,7-8,11-13H2,1-3H3,(H,20,22). The number of nitrogens with one attached hydrogen (secondary N) is 1. The Bertz CT molecular complexity index is 588. The molecule has 0 spiro atoms. The van der Waals surface area contributed by atoms with E-state index in [0.29, 0.717) is 12.8 Å². The number of carbonyl (C=O) groups excluding carboxylic acids is 2. The molecule has 1 aromatic carbocycles. The van der Waals surface area contributed by atoms with Gasteiger partial charge in [0.1, 0.15) is 12.2 Å². The van der Waals surface area contributed by atoms with E-state index in [9.17, 15) is 14.7 Å². The highest BCUT2D eigenvalue weighted by Gasteiger charge is 2.46. The second-order valence-corrected chi connectivity index (χ2v) is 7.48. The highest BCUT2D eigenvalue weighted by atomic mass is 16.6. The molecule has 0 saturated heterocycles. The minimum atomic E-state index is -1.30. The van der Waals surface area contributed by atoms with Gasteiger partial charge < -0.3 is 19.9 Å². The zero-order valence-electron chi connectivity index (χ0n) is 15.1. The molecule has 1 fully saturated rings. The Labute approximate surface area is 148 Å². The molecule has 2 rings (SSSR count). The van der Waals surface area contributed by atoms with Crippen LogP contribution in [-0.2, 0) is 20.9 Å². The molecular weight excluding hydrogens is 322 g/mol. The number of hydrogen-bond donors (Lipinski definition) is 2. The first kappa shape index (κ1) is 19.2. The molecule has 1 unspecified atom stereocenters. The zero-order chi connectivity index (χ0) is 18.5. The molecule has 0 bridgehead atoms. The molecule has 1 amide bonds. The molecule has 0 heterocycles. The lowest BCUT2D eigenvalue weighted by Crippen LogP contribution is -2.57. The Balaban J connectivity index is 2.05. The highest BCUT2D eigenvalue weighted by molar-refractivity contribution is 5.83. The number of rotatable bonds is 5. The number of esters is 1. The molecule has 1 saturated carbocycles. The normalized spacial score (nSPS) is 17.6. The molecule has 0 aromatic heterocycles. The minimum absolute atomic E-state index is 0.0856. The summed E-state index contributed by atoms with van der Waals surface area (Å²) in [5.74, 6) is -0.654. The molecule has 6 nitrogen and oxygen atoms in total. The third kappa shape index (κ3) is 5.74. The van der Waals surface area contributed by atoms with E-state index in [0.717, 1.165) is 18.4 Å². The van der Waals surface area contributed by atoms with E-state index in [4.69, 9.17) is 9.47 Å². The van der Waals surface area contributed by atoms with Crippen LogP contribution in [0.15, 0.2) is 30.3 Å². The van der Waals surface area contributed by atoms with Crippen LogP contribution in [0, 0.1) is 0 Å². The van der Waals surface area contributed by atoms with E-state index in [1.54, 1.807) is 20.8 Å². The molecular formula is C19H27NO5. The molecule has 138 valence electrons. The second-order valence-electron chi connectivity index (χ2n) is 7.48. The first-order valence-corrected chi connectivity index (χ1v) is 8.62. The van der Waals surface area contributed by atoms with Gasteiger partial charge in [0, 0.05) is 0 Å². The van der Waals surface area contributed by atoms with Crippen LogP contribution in [0.5, 0.6) is 0 Å². The van der Waals surface area contributed by atoms with Gasteiger partial charge in [-0.15, -0.1) is 0 Å². The monoisotopic (exact) mass is 349 g/mol. The van der Waals surface area contributed by atoms with Gasteiger partial charge in [-0.25, -0.2) is 9.59 Å². The van der Waals surface area contributed by atoms with Crippen molar-refractivity contribution in [1.29, 1.82) is 0 Å². The van der Waals surface area contributed by atoms with Crippen LogP contribution in [0.4, 0.5) is 4.79 Å². The van der Waals surface area contributed by atoms with Gasteiger partial charge in [0.25, 0.3) is 0 Å². The van der Waals surface area contributed by atoms with Gasteiger partial charge in [-0.3, -0.25) is 0 Å². The van der Waals surface area contributed by atoms with E-state index in [-0.39, 0.29) is 6.61 Å². The third-order valence-corrected chi connectivity index (χ3v) is 4.13. The van der Waals surface area contributed by atoms with Crippen molar-refractivity contribution in [3.8, 4) is 0 Å². The van der Waals surface area contributed by atoms with Crippen LogP contribution in [0.25, 0.3) is 0 Å². The molecule has 0 aliphatic heterocycles. The molecule has 1 aromatic rings. The number of ether oxygens (including phenoxy) is 2. The lowest BCUT2D eigenvalue weighted by molar-refractivity contribution is -0.155. The Kier molecular flexibility index (Phi) is 6.06. The third-order valence-electron chi connectivity index (χ3n) is 4.13.